The molecule has 0 atom stereocenters. The van der Waals surface area contributed by atoms with Crippen molar-refractivity contribution in [3.63, 3.8) is 0 Å². The van der Waals surface area contributed by atoms with Crippen molar-refractivity contribution < 1.29 is 0 Å². The van der Waals surface area contributed by atoms with Crippen molar-refractivity contribution in [2.24, 2.45) is 0 Å². The Bertz CT molecular complexity index is 253. The number of hydrogen-bond donors (Lipinski definition) is 0. The Morgan fingerprint density at radius 1 is 0.258 bits per heavy atom. The molecule has 0 unspecified atom stereocenters. The maximum absolute atomic E-state index is 2.32. The van der Waals surface area contributed by atoms with E-state index in [1.807, 2.05) is 0 Å². The monoisotopic (exact) mass is 492 g/mol. The Morgan fingerprint density at radius 2 is 0.452 bits per heavy atom. The van der Waals surface area contributed by atoms with Crippen molar-refractivity contribution in [2.75, 3.05) is 0 Å². The normalized spacial score (nSPS) is 11.3. The van der Waals surface area contributed by atoms with Gasteiger partial charge in [-0.05, 0) is 0 Å². The molecule has 0 radical (unpaired) electrons. The van der Waals surface area contributed by atoms with Gasteiger partial charge in [-0.3, -0.25) is 0 Å². The fourth-order valence-corrected chi connectivity index (χ4v) is 12.4. The van der Waals surface area contributed by atoms with Gasteiger partial charge in [-0.25, -0.2) is 0 Å². The minimum atomic E-state index is -0.964. The Labute approximate surface area is 205 Å². The molecule has 31 heavy (non-hydrogen) atoms. The van der Waals surface area contributed by atoms with Crippen molar-refractivity contribution in [1.82, 2.24) is 0 Å². The number of unbranched alkanes of at least 4 members (excludes halogenated alkanes) is 21. The van der Waals surface area contributed by atoms with Crippen LogP contribution in [0.4, 0.5) is 0 Å². The first-order valence-electron chi connectivity index (χ1n) is 15.3. The first-order valence-corrected chi connectivity index (χ1v) is 20.5. The van der Waals surface area contributed by atoms with Gasteiger partial charge in [0, 0.05) is 0 Å². The summed E-state index contributed by atoms with van der Waals surface area (Å²) in [5.41, 5.74) is 0. The summed E-state index contributed by atoms with van der Waals surface area (Å²) in [5.74, 6) is 0. The van der Waals surface area contributed by atoms with Crippen LogP contribution in [0, 0.1) is 0 Å². The van der Waals surface area contributed by atoms with Gasteiger partial charge in [-0.15, -0.1) is 0 Å². The molecule has 0 aromatic rings. The van der Waals surface area contributed by atoms with Gasteiger partial charge in [0.15, 0.2) is 0 Å². The average Bonchev–Trinajstić information content (AvgIpc) is 2.78. The molecule has 0 aromatic heterocycles. The van der Waals surface area contributed by atoms with E-state index in [4.69, 9.17) is 0 Å². The van der Waals surface area contributed by atoms with Crippen LogP contribution in [0.5, 0.6) is 0 Å². The Balaban J connectivity index is 3.82. The second-order valence-electron chi connectivity index (χ2n) is 10.7. The van der Waals surface area contributed by atoms with E-state index in [1.165, 1.54) is 116 Å². The van der Waals surface area contributed by atoms with Crippen LogP contribution in [0.1, 0.15) is 175 Å². The summed E-state index contributed by atoms with van der Waals surface area (Å²) in [5, 5.41) is 0. The van der Waals surface area contributed by atoms with Crippen LogP contribution in [-0.2, 0) is 0 Å². The molecule has 0 bridgehead atoms. The van der Waals surface area contributed by atoms with Crippen LogP contribution < -0.4 is 0 Å². The summed E-state index contributed by atoms with van der Waals surface area (Å²) >= 11 is -0.964. The molecule has 1 heteroatoms. The molecule has 0 aliphatic carbocycles. The fraction of sp³-hybridized carbons (Fsp3) is 1.00. The van der Waals surface area contributed by atoms with Crippen molar-refractivity contribution in [1.29, 1.82) is 0 Å². The molecule has 186 valence electrons. The van der Waals surface area contributed by atoms with Crippen LogP contribution in [0.3, 0.4) is 0 Å². The Morgan fingerprint density at radius 3 is 0.677 bits per heavy atom. The molecule has 0 fully saturated rings. The van der Waals surface area contributed by atoms with Crippen LogP contribution in [0.25, 0.3) is 0 Å². The van der Waals surface area contributed by atoms with Gasteiger partial charge >= 0.3 is 206 Å². The topological polar surface area (TPSA) is 0 Å². The van der Waals surface area contributed by atoms with Gasteiger partial charge < -0.3 is 0 Å². The summed E-state index contributed by atoms with van der Waals surface area (Å²) in [6.45, 7) is 6.97. The third-order valence-corrected chi connectivity index (χ3v) is 15.1. The van der Waals surface area contributed by atoms with Gasteiger partial charge in [-0.1, -0.05) is 0 Å². The molecule has 0 aliphatic heterocycles. The molecule has 0 N–H and O–H groups in total. The first kappa shape index (κ1) is 31.6. The molecular weight excluding hydrogens is 430 g/mol. The molecule has 0 rings (SSSR count). The zero-order chi connectivity index (χ0) is 22.7. The molecule has 0 spiro atoms. The third-order valence-electron chi connectivity index (χ3n) is 7.40. The van der Waals surface area contributed by atoms with Gasteiger partial charge in [-0.2, -0.15) is 0 Å². The summed E-state index contributed by atoms with van der Waals surface area (Å²) in [7, 11) is 0. The van der Waals surface area contributed by atoms with E-state index in [0.717, 1.165) is 0 Å². The maximum atomic E-state index is 2.32. The van der Waals surface area contributed by atoms with Crippen molar-refractivity contribution >= 4 is 16.2 Å². The first-order chi connectivity index (χ1) is 15.3. The summed E-state index contributed by atoms with van der Waals surface area (Å²) < 4.78 is 0. The van der Waals surface area contributed by atoms with E-state index in [0.29, 0.717) is 0 Å². The van der Waals surface area contributed by atoms with E-state index in [1.54, 1.807) is 53.5 Å². The minimum absolute atomic E-state index is 0.964. The molecular formula is C30H63Ga. The zero-order valence-corrected chi connectivity index (χ0v) is 25.1. The number of rotatable bonds is 27. The molecule has 0 heterocycles. The average molecular weight is 494 g/mol. The second-order valence-corrected chi connectivity index (χ2v) is 17.9. The quantitative estimate of drug-likeness (QED) is 0.0788. The molecule has 0 saturated carbocycles. The van der Waals surface area contributed by atoms with Crippen molar-refractivity contribution in [3.05, 3.63) is 0 Å². The van der Waals surface area contributed by atoms with E-state index in [2.05, 4.69) is 20.8 Å². The Hall–Kier alpha value is 0.636. The fourth-order valence-electron chi connectivity index (χ4n) is 5.13. The standard InChI is InChI=1S/3C10H21.Ga/c3*1-3-5-7-9-10-8-6-4-2;/h3*1,3-10H2,2H3;. The zero-order valence-electron chi connectivity index (χ0n) is 22.7. The van der Waals surface area contributed by atoms with Crippen LogP contribution in [0.2, 0.25) is 14.9 Å². The van der Waals surface area contributed by atoms with Crippen LogP contribution >= 0.6 is 0 Å². The predicted molar refractivity (Wildman–Crippen MR) is 148 cm³/mol. The van der Waals surface area contributed by atoms with E-state index < -0.39 is 16.2 Å². The summed E-state index contributed by atoms with van der Waals surface area (Å²) in [6.07, 6.45) is 35.9. The Kier molecular flexibility index (Phi) is 29.3. The second kappa shape index (κ2) is 28.7. The molecule has 0 nitrogen and oxygen atoms in total. The van der Waals surface area contributed by atoms with Crippen molar-refractivity contribution in [3.8, 4) is 0 Å². The summed E-state index contributed by atoms with van der Waals surface area (Å²) in [6, 6.07) is 0. The van der Waals surface area contributed by atoms with Crippen molar-refractivity contribution in [2.45, 2.75) is 190 Å². The third kappa shape index (κ3) is 26.8. The van der Waals surface area contributed by atoms with E-state index in [-0.39, 0.29) is 0 Å². The SMILES string of the molecule is CCCCCCCCC[CH2][Ga]([CH2]CCCCCCCCC)[CH2]CCCCCCCCC. The molecule has 0 amide bonds. The van der Waals surface area contributed by atoms with E-state index >= 15 is 0 Å². The van der Waals surface area contributed by atoms with Gasteiger partial charge in [0.25, 0.3) is 0 Å². The van der Waals surface area contributed by atoms with Gasteiger partial charge in [0.1, 0.15) is 0 Å². The van der Waals surface area contributed by atoms with Gasteiger partial charge in [0.05, 0.1) is 0 Å². The van der Waals surface area contributed by atoms with Crippen LogP contribution in [0.15, 0.2) is 0 Å². The summed E-state index contributed by atoms with van der Waals surface area (Å²) in [4.78, 5) is 5.15. The van der Waals surface area contributed by atoms with Crippen LogP contribution in [-0.4, -0.2) is 16.2 Å². The molecule has 0 aromatic carbocycles. The van der Waals surface area contributed by atoms with E-state index in [9.17, 15) is 0 Å². The predicted octanol–water partition coefficient (Wildman–Crippen LogP) is 11.9. The molecule has 0 aliphatic rings. The number of hydrogen-bond acceptors (Lipinski definition) is 0. The van der Waals surface area contributed by atoms with Gasteiger partial charge in [0.2, 0.25) is 0 Å². The molecule has 0 saturated heterocycles.